The number of aliphatic carboxylic acids is 1. The Morgan fingerprint density at radius 1 is 0.821 bits per heavy atom. The Labute approximate surface area is 164 Å². The molecular weight excluding hydrogens is 354 g/mol. The number of ether oxygens (including phenoxy) is 2. The number of benzene rings is 3. The number of carboxylic acids is 1. The van der Waals surface area contributed by atoms with E-state index in [0.717, 1.165) is 11.1 Å². The van der Waals surface area contributed by atoms with Gasteiger partial charge in [0.2, 0.25) is 0 Å². The minimum Gasteiger partial charge on any atom is -0.485 e. The van der Waals surface area contributed by atoms with E-state index in [1.165, 1.54) is 0 Å². The average Bonchev–Trinajstić information content (AvgIpc) is 2.73. The zero-order chi connectivity index (χ0) is 19.8. The Hall–Kier alpha value is -3.31. The molecule has 5 nitrogen and oxygen atoms in total. The van der Waals surface area contributed by atoms with Crippen LogP contribution in [0.5, 0.6) is 11.5 Å². The van der Waals surface area contributed by atoms with Gasteiger partial charge in [-0.2, -0.15) is 0 Å². The number of rotatable bonds is 9. The van der Waals surface area contributed by atoms with Crippen LogP contribution < -0.4 is 15.2 Å². The summed E-state index contributed by atoms with van der Waals surface area (Å²) in [5.74, 6) is 0.0403. The van der Waals surface area contributed by atoms with Crippen LogP contribution in [0.15, 0.2) is 78.9 Å². The number of carboxylic acid groups (broad SMARTS) is 1. The summed E-state index contributed by atoms with van der Waals surface area (Å²) in [5.41, 5.74) is 8.49. The molecule has 0 saturated carbocycles. The summed E-state index contributed by atoms with van der Waals surface area (Å²) in [5, 5.41) is 9.17. The first-order chi connectivity index (χ1) is 13.6. The van der Waals surface area contributed by atoms with Crippen LogP contribution in [0, 0.1) is 0 Å². The second kappa shape index (κ2) is 9.58. The fourth-order valence-electron chi connectivity index (χ4n) is 2.79. The Bertz CT molecular complexity index is 897. The van der Waals surface area contributed by atoms with Gasteiger partial charge in [-0.25, -0.2) is 0 Å². The maximum Gasteiger partial charge on any atom is 0.320 e. The van der Waals surface area contributed by atoms with Gasteiger partial charge in [-0.3, -0.25) is 4.79 Å². The topological polar surface area (TPSA) is 81.8 Å². The monoisotopic (exact) mass is 377 g/mol. The zero-order valence-corrected chi connectivity index (χ0v) is 15.5. The molecule has 0 heterocycles. The molecule has 0 radical (unpaired) electrons. The number of para-hydroxylation sites is 1. The maximum atomic E-state index is 11.2. The van der Waals surface area contributed by atoms with Gasteiger partial charge in [0.15, 0.2) is 11.5 Å². The molecule has 0 spiro atoms. The number of hydrogen-bond donors (Lipinski definition) is 2. The third-order valence-corrected chi connectivity index (χ3v) is 4.28. The van der Waals surface area contributed by atoms with Gasteiger partial charge in [-0.05, 0) is 17.2 Å². The first-order valence-electron chi connectivity index (χ1n) is 9.07. The van der Waals surface area contributed by atoms with Crippen LogP contribution >= 0.6 is 0 Å². The van der Waals surface area contributed by atoms with Gasteiger partial charge in [0.05, 0.1) is 0 Å². The van der Waals surface area contributed by atoms with E-state index in [4.69, 9.17) is 20.3 Å². The van der Waals surface area contributed by atoms with Crippen molar-refractivity contribution in [3.05, 3.63) is 95.6 Å². The third kappa shape index (κ3) is 5.34. The molecule has 0 saturated heterocycles. The van der Waals surface area contributed by atoms with Gasteiger partial charge >= 0.3 is 5.97 Å². The molecule has 3 aromatic rings. The maximum absolute atomic E-state index is 11.2. The van der Waals surface area contributed by atoms with Crippen LogP contribution in [0.1, 0.15) is 16.7 Å². The molecule has 0 aliphatic carbocycles. The van der Waals surface area contributed by atoms with E-state index < -0.39 is 12.0 Å². The predicted molar refractivity (Wildman–Crippen MR) is 107 cm³/mol. The van der Waals surface area contributed by atoms with Gasteiger partial charge in [-0.15, -0.1) is 0 Å². The van der Waals surface area contributed by atoms with Crippen LogP contribution in [-0.4, -0.2) is 17.1 Å². The average molecular weight is 377 g/mol. The van der Waals surface area contributed by atoms with Crippen molar-refractivity contribution in [2.45, 2.75) is 25.7 Å². The van der Waals surface area contributed by atoms with Crippen molar-refractivity contribution in [1.29, 1.82) is 0 Å². The molecule has 144 valence electrons. The highest BCUT2D eigenvalue weighted by molar-refractivity contribution is 5.73. The highest BCUT2D eigenvalue weighted by Crippen LogP contribution is 2.33. The van der Waals surface area contributed by atoms with Crippen molar-refractivity contribution in [3.63, 3.8) is 0 Å². The Morgan fingerprint density at radius 3 is 1.96 bits per heavy atom. The van der Waals surface area contributed by atoms with Crippen molar-refractivity contribution < 1.29 is 19.4 Å². The Balaban J connectivity index is 1.82. The minimum atomic E-state index is -1.05. The zero-order valence-electron chi connectivity index (χ0n) is 15.5. The second-order valence-corrected chi connectivity index (χ2v) is 6.44. The first-order valence-corrected chi connectivity index (χ1v) is 9.07. The second-order valence-electron chi connectivity index (χ2n) is 6.44. The Morgan fingerprint density at radius 2 is 1.39 bits per heavy atom. The number of carbonyl (C=O) groups is 1. The van der Waals surface area contributed by atoms with Gasteiger partial charge in [-0.1, -0.05) is 72.8 Å². The summed E-state index contributed by atoms with van der Waals surface area (Å²) in [7, 11) is 0. The van der Waals surface area contributed by atoms with E-state index in [0.29, 0.717) is 30.3 Å². The molecule has 1 atom stereocenters. The molecule has 0 fully saturated rings. The molecule has 3 rings (SSSR count). The van der Waals surface area contributed by atoms with Crippen LogP contribution in [0.2, 0.25) is 0 Å². The summed E-state index contributed by atoms with van der Waals surface area (Å²) >= 11 is 0. The van der Waals surface area contributed by atoms with E-state index in [1.54, 1.807) is 0 Å². The SMILES string of the molecule is NC(Cc1cccc(OCc2ccccc2)c1OCc1ccccc1)C(=O)O. The van der Waals surface area contributed by atoms with Gasteiger partial charge < -0.3 is 20.3 Å². The highest BCUT2D eigenvalue weighted by Gasteiger charge is 2.18. The minimum absolute atomic E-state index is 0.155. The van der Waals surface area contributed by atoms with E-state index in [9.17, 15) is 4.79 Å². The largest absolute Gasteiger partial charge is 0.485 e. The molecule has 0 aliphatic rings. The van der Waals surface area contributed by atoms with Crippen LogP contribution in [0.3, 0.4) is 0 Å². The lowest BCUT2D eigenvalue weighted by Crippen LogP contribution is -2.32. The summed E-state index contributed by atoms with van der Waals surface area (Å²) in [6.07, 6.45) is 0.155. The fourth-order valence-corrected chi connectivity index (χ4v) is 2.79. The van der Waals surface area contributed by atoms with E-state index >= 15 is 0 Å². The lowest BCUT2D eigenvalue weighted by molar-refractivity contribution is -0.138. The molecular formula is C23H23NO4. The lowest BCUT2D eigenvalue weighted by atomic mass is 10.0. The highest BCUT2D eigenvalue weighted by atomic mass is 16.5. The normalized spacial score (nSPS) is 11.6. The van der Waals surface area contributed by atoms with Crippen LogP contribution in [0.25, 0.3) is 0 Å². The fraction of sp³-hybridized carbons (Fsp3) is 0.174. The molecule has 0 aliphatic heterocycles. The molecule has 0 amide bonds. The molecule has 28 heavy (non-hydrogen) atoms. The number of nitrogens with two attached hydrogens (primary N) is 1. The smallest absolute Gasteiger partial charge is 0.320 e. The number of hydrogen-bond acceptors (Lipinski definition) is 4. The molecule has 3 N–H and O–H groups in total. The van der Waals surface area contributed by atoms with E-state index in [-0.39, 0.29) is 6.42 Å². The summed E-state index contributed by atoms with van der Waals surface area (Å²) in [6.45, 7) is 0.735. The summed E-state index contributed by atoms with van der Waals surface area (Å²) in [4.78, 5) is 11.2. The lowest BCUT2D eigenvalue weighted by Gasteiger charge is -2.18. The van der Waals surface area contributed by atoms with Crippen LogP contribution in [-0.2, 0) is 24.4 Å². The van der Waals surface area contributed by atoms with Gasteiger partial charge in [0.1, 0.15) is 19.3 Å². The molecule has 3 aromatic carbocycles. The summed E-state index contributed by atoms with van der Waals surface area (Å²) in [6, 6.07) is 24.0. The van der Waals surface area contributed by atoms with Crippen LogP contribution in [0.4, 0.5) is 0 Å². The van der Waals surface area contributed by atoms with Gasteiger partial charge in [0.25, 0.3) is 0 Å². The molecule has 1 unspecified atom stereocenters. The van der Waals surface area contributed by atoms with Gasteiger partial charge in [0, 0.05) is 12.0 Å². The predicted octanol–water partition coefficient (Wildman–Crippen LogP) is 3.80. The quantitative estimate of drug-likeness (QED) is 0.593. The molecule has 0 bridgehead atoms. The molecule has 5 heteroatoms. The van der Waals surface area contributed by atoms with Crippen molar-refractivity contribution in [2.75, 3.05) is 0 Å². The van der Waals surface area contributed by atoms with Crippen molar-refractivity contribution >= 4 is 5.97 Å². The Kier molecular flexibility index (Phi) is 6.65. The van der Waals surface area contributed by atoms with E-state index in [2.05, 4.69) is 0 Å². The van der Waals surface area contributed by atoms with E-state index in [1.807, 2.05) is 78.9 Å². The standard InChI is InChI=1S/C23H23NO4/c24-20(23(25)26)14-19-12-7-13-21(27-15-17-8-3-1-4-9-17)22(19)28-16-18-10-5-2-6-11-18/h1-13,20H,14-16,24H2,(H,25,26). The third-order valence-electron chi connectivity index (χ3n) is 4.28. The van der Waals surface area contributed by atoms with Crippen molar-refractivity contribution in [2.24, 2.45) is 5.73 Å². The first kappa shape index (κ1) is 19.5. The van der Waals surface area contributed by atoms with Crippen molar-refractivity contribution in [1.82, 2.24) is 0 Å². The van der Waals surface area contributed by atoms with Crippen molar-refractivity contribution in [3.8, 4) is 11.5 Å². The molecule has 0 aromatic heterocycles. The summed E-state index contributed by atoms with van der Waals surface area (Å²) < 4.78 is 12.0.